The van der Waals surface area contributed by atoms with Crippen molar-refractivity contribution in [2.45, 2.75) is 77.7 Å². The van der Waals surface area contributed by atoms with Gasteiger partial charge >= 0.3 is 0 Å². The number of aliphatic hydroxyl groups excluding tert-OH is 1. The summed E-state index contributed by atoms with van der Waals surface area (Å²) in [6.07, 6.45) is 12.2. The van der Waals surface area contributed by atoms with Gasteiger partial charge in [0.2, 0.25) is 0 Å². The van der Waals surface area contributed by atoms with Gasteiger partial charge in [-0.1, -0.05) is 52.0 Å². The topological polar surface area (TPSA) is 49.7 Å². The van der Waals surface area contributed by atoms with Gasteiger partial charge in [-0.25, -0.2) is 0 Å². The first kappa shape index (κ1) is 24.6. The third-order valence-electron chi connectivity index (χ3n) is 6.48. The second-order valence-electron chi connectivity index (χ2n) is 8.14. The number of thioether (sulfide) groups is 1. The van der Waals surface area contributed by atoms with Crippen molar-refractivity contribution in [2.75, 3.05) is 12.4 Å². The molecule has 30 heavy (non-hydrogen) atoms. The maximum atomic E-state index is 10.5. The van der Waals surface area contributed by atoms with Crippen LogP contribution in [0, 0.1) is 6.92 Å². The fourth-order valence-electron chi connectivity index (χ4n) is 3.97. The monoisotopic (exact) mass is 430 g/mol. The van der Waals surface area contributed by atoms with E-state index in [4.69, 9.17) is 4.74 Å². The van der Waals surface area contributed by atoms with Crippen molar-refractivity contribution in [3.05, 3.63) is 64.3 Å². The Morgan fingerprint density at radius 1 is 1.03 bits per heavy atom. The Labute approximate surface area is 186 Å². The van der Waals surface area contributed by atoms with Crippen molar-refractivity contribution in [3.8, 4) is 5.75 Å². The summed E-state index contributed by atoms with van der Waals surface area (Å²) in [6.45, 7) is 10.9. The number of allylic oxidation sites excluding steroid dienone is 4. The fourth-order valence-corrected chi connectivity index (χ4v) is 5.30. The van der Waals surface area contributed by atoms with Gasteiger partial charge in [0.1, 0.15) is 18.1 Å². The first-order chi connectivity index (χ1) is 14.3. The zero-order valence-corrected chi connectivity index (χ0v) is 20.0. The normalized spacial score (nSPS) is 20.2. The molecule has 0 bridgehead atoms. The van der Waals surface area contributed by atoms with Crippen LogP contribution in [-0.4, -0.2) is 28.2 Å². The summed E-state index contributed by atoms with van der Waals surface area (Å²) in [5.41, 5.74) is 1.57. The SMILES string of the molecule is CCC(O)(CC)COc1ccc(C(CC)(CC)/C2=C/C/C=C\C(O)=C/CS2)cc1C. The quantitative estimate of drug-likeness (QED) is 0.443. The molecular weight excluding hydrogens is 392 g/mol. The minimum atomic E-state index is -0.771. The molecule has 1 aliphatic heterocycles. The predicted octanol–water partition coefficient (Wildman–Crippen LogP) is 7.00. The molecule has 1 heterocycles. The number of benzene rings is 1. The highest BCUT2D eigenvalue weighted by molar-refractivity contribution is 8.03. The molecule has 1 aromatic rings. The summed E-state index contributed by atoms with van der Waals surface area (Å²) in [7, 11) is 0. The van der Waals surface area contributed by atoms with Crippen molar-refractivity contribution in [1.29, 1.82) is 0 Å². The Balaban J connectivity index is 2.33. The average molecular weight is 431 g/mol. The molecule has 1 aromatic carbocycles. The third-order valence-corrected chi connectivity index (χ3v) is 7.68. The van der Waals surface area contributed by atoms with E-state index in [1.165, 1.54) is 10.5 Å². The molecule has 0 spiro atoms. The summed E-state index contributed by atoms with van der Waals surface area (Å²) in [6, 6.07) is 6.49. The van der Waals surface area contributed by atoms with E-state index in [0.29, 0.717) is 25.2 Å². The van der Waals surface area contributed by atoms with E-state index >= 15 is 0 Å². The molecule has 0 radical (unpaired) electrons. The van der Waals surface area contributed by atoms with Crippen LogP contribution in [0.4, 0.5) is 0 Å². The molecule has 0 atom stereocenters. The lowest BCUT2D eigenvalue weighted by atomic mass is 9.74. The van der Waals surface area contributed by atoms with Gasteiger partial charge in [0.05, 0.1) is 5.60 Å². The molecule has 0 unspecified atom stereocenters. The summed E-state index contributed by atoms with van der Waals surface area (Å²) in [4.78, 5) is 1.36. The number of aliphatic hydroxyl groups is 2. The van der Waals surface area contributed by atoms with Crippen LogP contribution >= 0.6 is 11.8 Å². The van der Waals surface area contributed by atoms with E-state index in [0.717, 1.165) is 36.3 Å². The van der Waals surface area contributed by atoms with E-state index in [2.05, 4.69) is 45.0 Å². The summed E-state index contributed by atoms with van der Waals surface area (Å²) >= 11 is 1.82. The van der Waals surface area contributed by atoms with Crippen LogP contribution in [0.3, 0.4) is 0 Å². The number of ether oxygens (including phenoxy) is 1. The van der Waals surface area contributed by atoms with Crippen molar-refractivity contribution < 1.29 is 14.9 Å². The van der Waals surface area contributed by atoms with Gasteiger partial charge in [-0.05, 0) is 73.3 Å². The van der Waals surface area contributed by atoms with Crippen molar-refractivity contribution in [3.63, 3.8) is 0 Å². The maximum Gasteiger partial charge on any atom is 0.122 e. The first-order valence-corrected chi connectivity index (χ1v) is 12.2. The average Bonchev–Trinajstić information content (AvgIpc) is 2.86. The van der Waals surface area contributed by atoms with E-state index in [9.17, 15) is 10.2 Å². The standard InChI is InChI=1S/C26H38O3S/c1-6-25(28,7-2)19-29-23-15-14-21(18-20(23)5)26(8-3,9-4)24-13-11-10-12-22(27)16-17-30-24/h10,12-16,18,27-28H,6-9,11,17,19H2,1-5H3/b12-10-,22-16+,24-13-. The lowest BCUT2D eigenvalue weighted by molar-refractivity contribution is -0.0115. The van der Waals surface area contributed by atoms with Crippen LogP contribution in [0.5, 0.6) is 5.75 Å². The Kier molecular flexibility index (Phi) is 9.11. The molecule has 0 aliphatic carbocycles. The van der Waals surface area contributed by atoms with Gasteiger partial charge < -0.3 is 14.9 Å². The van der Waals surface area contributed by atoms with Crippen LogP contribution in [0.25, 0.3) is 0 Å². The van der Waals surface area contributed by atoms with Gasteiger partial charge in [0.25, 0.3) is 0 Å². The fraction of sp³-hybridized carbons (Fsp3) is 0.538. The molecule has 0 saturated carbocycles. The zero-order valence-electron chi connectivity index (χ0n) is 19.2. The highest BCUT2D eigenvalue weighted by Crippen LogP contribution is 2.45. The Hall–Kier alpha value is -1.65. The van der Waals surface area contributed by atoms with Crippen LogP contribution in [-0.2, 0) is 5.41 Å². The molecule has 2 rings (SSSR count). The van der Waals surface area contributed by atoms with Crippen molar-refractivity contribution >= 4 is 11.8 Å². The molecule has 1 aliphatic rings. The Morgan fingerprint density at radius 2 is 1.73 bits per heavy atom. The van der Waals surface area contributed by atoms with Gasteiger partial charge in [-0.2, -0.15) is 0 Å². The van der Waals surface area contributed by atoms with Crippen LogP contribution < -0.4 is 4.74 Å². The number of hydrogen-bond acceptors (Lipinski definition) is 4. The van der Waals surface area contributed by atoms with E-state index in [-0.39, 0.29) is 5.41 Å². The number of aryl methyl sites for hydroxylation is 1. The highest BCUT2D eigenvalue weighted by Gasteiger charge is 2.33. The van der Waals surface area contributed by atoms with Crippen molar-refractivity contribution in [1.82, 2.24) is 0 Å². The molecule has 0 aromatic heterocycles. The van der Waals surface area contributed by atoms with E-state index in [1.54, 1.807) is 6.08 Å². The summed E-state index contributed by atoms with van der Waals surface area (Å²) in [5.74, 6) is 1.94. The van der Waals surface area contributed by atoms with E-state index in [1.807, 2.05) is 37.8 Å². The Bertz CT molecular complexity index is 783. The van der Waals surface area contributed by atoms with Gasteiger partial charge in [-0.15, -0.1) is 11.8 Å². The summed E-state index contributed by atoms with van der Waals surface area (Å²) < 4.78 is 6.01. The maximum absolute atomic E-state index is 10.5. The minimum Gasteiger partial charge on any atom is -0.508 e. The van der Waals surface area contributed by atoms with E-state index < -0.39 is 5.60 Å². The first-order valence-electron chi connectivity index (χ1n) is 11.2. The van der Waals surface area contributed by atoms with Crippen LogP contribution in [0.2, 0.25) is 0 Å². The number of hydrogen-bond donors (Lipinski definition) is 2. The van der Waals surface area contributed by atoms with Gasteiger partial charge in [0.15, 0.2) is 0 Å². The van der Waals surface area contributed by atoms with Crippen LogP contribution in [0.1, 0.15) is 70.9 Å². The number of rotatable bonds is 9. The zero-order chi connectivity index (χ0) is 22.2. The molecule has 0 fully saturated rings. The molecule has 0 saturated heterocycles. The molecular formula is C26H38O3S. The van der Waals surface area contributed by atoms with Crippen LogP contribution in [0.15, 0.2) is 53.2 Å². The second kappa shape index (κ2) is 11.1. The van der Waals surface area contributed by atoms with Crippen molar-refractivity contribution in [2.24, 2.45) is 0 Å². The Morgan fingerprint density at radius 3 is 2.33 bits per heavy atom. The lowest BCUT2D eigenvalue weighted by Gasteiger charge is -2.35. The third kappa shape index (κ3) is 5.73. The second-order valence-corrected chi connectivity index (χ2v) is 9.20. The molecule has 166 valence electrons. The molecule has 3 nitrogen and oxygen atoms in total. The summed E-state index contributed by atoms with van der Waals surface area (Å²) in [5, 5.41) is 20.4. The predicted molar refractivity (Wildman–Crippen MR) is 129 cm³/mol. The molecule has 2 N–H and O–H groups in total. The molecule has 4 heteroatoms. The molecule has 0 amide bonds. The minimum absolute atomic E-state index is 0.0524. The largest absolute Gasteiger partial charge is 0.508 e. The van der Waals surface area contributed by atoms with Gasteiger partial charge in [-0.3, -0.25) is 0 Å². The van der Waals surface area contributed by atoms with Gasteiger partial charge in [0, 0.05) is 11.2 Å². The highest BCUT2D eigenvalue weighted by atomic mass is 32.2. The smallest absolute Gasteiger partial charge is 0.122 e. The lowest BCUT2D eigenvalue weighted by Crippen LogP contribution is -2.34.